The Kier molecular flexibility index (Phi) is 12.0. The zero-order chi connectivity index (χ0) is 33.1. The van der Waals surface area contributed by atoms with Crippen LogP contribution in [0, 0.1) is 0 Å². The summed E-state index contributed by atoms with van der Waals surface area (Å²) < 4.78 is 0. The second-order valence-corrected chi connectivity index (χ2v) is 10.1. The molecule has 4 atom stereocenters. The summed E-state index contributed by atoms with van der Waals surface area (Å²) in [5, 5.41) is 38.7. The van der Waals surface area contributed by atoms with E-state index in [0.29, 0.717) is 11.1 Å². The van der Waals surface area contributed by atoms with E-state index in [9.17, 15) is 44.1 Å². The van der Waals surface area contributed by atoms with E-state index in [0.717, 1.165) is 10.9 Å². The summed E-state index contributed by atoms with van der Waals surface area (Å²) >= 11 is 0. The molecule has 0 radical (unpaired) electrons. The van der Waals surface area contributed by atoms with Crippen LogP contribution >= 0.6 is 0 Å². The maximum absolute atomic E-state index is 13.7. The fraction of sp³-hybridized carbons (Fsp3) is 0.310. The van der Waals surface area contributed by atoms with Crippen molar-refractivity contribution in [2.45, 2.75) is 43.4 Å². The number of aromatic amines is 1. The molecule has 12 N–H and O–H groups in total. The summed E-state index contributed by atoms with van der Waals surface area (Å²) in [6.07, 6.45) is 0.744. The number of amides is 5. The van der Waals surface area contributed by atoms with Crippen molar-refractivity contribution in [1.29, 1.82) is 0 Å². The van der Waals surface area contributed by atoms with E-state index in [1.54, 1.807) is 30.5 Å². The van der Waals surface area contributed by atoms with Gasteiger partial charge in [0.1, 0.15) is 29.9 Å². The molecule has 45 heavy (non-hydrogen) atoms. The van der Waals surface area contributed by atoms with Gasteiger partial charge in [-0.15, -0.1) is 0 Å². The molecule has 0 spiro atoms. The molecule has 0 aliphatic heterocycles. The number of nitrogens with one attached hydrogen (secondary N) is 5. The number of aliphatic hydroxyl groups excluding tert-OH is 1. The SMILES string of the molecule is NCC(=O)N[C@@H](CC(N)=O)C(=O)N[C@@H](Cc1ccc(O)cc1)C(=O)N[C@@H](Cc1c[nH]c2ccccc12)C(=O)N[C@@H](CO)C(=O)O. The van der Waals surface area contributed by atoms with Gasteiger partial charge >= 0.3 is 5.97 Å². The Hall–Kier alpha value is -5.48. The van der Waals surface area contributed by atoms with Crippen molar-refractivity contribution in [3.05, 3.63) is 65.9 Å². The van der Waals surface area contributed by atoms with E-state index in [-0.39, 0.29) is 18.6 Å². The molecule has 3 aromatic rings. The fourth-order valence-electron chi connectivity index (χ4n) is 4.47. The van der Waals surface area contributed by atoms with Crippen LogP contribution in [0.3, 0.4) is 0 Å². The van der Waals surface area contributed by atoms with Crippen LogP contribution in [0.2, 0.25) is 0 Å². The lowest BCUT2D eigenvalue weighted by Gasteiger charge is -2.26. The maximum Gasteiger partial charge on any atom is 0.328 e. The van der Waals surface area contributed by atoms with Gasteiger partial charge in [0.15, 0.2) is 0 Å². The number of carboxylic acid groups (broad SMARTS) is 1. The Bertz CT molecular complexity index is 1540. The average molecular weight is 626 g/mol. The molecule has 16 heteroatoms. The van der Waals surface area contributed by atoms with Gasteiger partial charge in [0.25, 0.3) is 0 Å². The lowest BCUT2D eigenvalue weighted by molar-refractivity contribution is -0.143. The lowest BCUT2D eigenvalue weighted by Crippen LogP contribution is -2.59. The van der Waals surface area contributed by atoms with Crippen LogP contribution < -0.4 is 32.7 Å². The van der Waals surface area contributed by atoms with Crippen LogP contribution in [-0.4, -0.2) is 93.1 Å². The molecule has 16 nitrogen and oxygen atoms in total. The number of phenolic OH excluding ortho intramolecular Hbond substituents is 1. The van der Waals surface area contributed by atoms with Gasteiger partial charge in [0.05, 0.1) is 19.6 Å². The van der Waals surface area contributed by atoms with Crippen molar-refractivity contribution < 1.29 is 44.1 Å². The number of primary amides is 1. The van der Waals surface area contributed by atoms with Crippen molar-refractivity contribution in [1.82, 2.24) is 26.3 Å². The van der Waals surface area contributed by atoms with E-state index in [1.807, 2.05) is 0 Å². The molecule has 0 saturated carbocycles. The molecule has 5 amide bonds. The number of nitrogens with two attached hydrogens (primary N) is 2. The molecule has 1 heterocycles. The number of aromatic hydroxyl groups is 1. The van der Waals surface area contributed by atoms with Gasteiger partial charge in [0, 0.05) is 29.9 Å². The summed E-state index contributed by atoms with van der Waals surface area (Å²) in [6, 6.07) is 6.94. The van der Waals surface area contributed by atoms with Gasteiger partial charge in [-0.3, -0.25) is 24.0 Å². The lowest BCUT2D eigenvalue weighted by atomic mass is 10.0. The number of aliphatic carboxylic acids is 1. The summed E-state index contributed by atoms with van der Waals surface area (Å²) in [5.74, 6) is -5.98. The molecule has 0 bridgehead atoms. The van der Waals surface area contributed by atoms with Crippen LogP contribution in [0.25, 0.3) is 10.9 Å². The molecule has 3 rings (SSSR count). The van der Waals surface area contributed by atoms with E-state index in [2.05, 4.69) is 26.3 Å². The molecule has 0 saturated heterocycles. The third kappa shape index (κ3) is 9.77. The number of carboxylic acids is 1. The number of hydrogen-bond donors (Lipinski definition) is 10. The summed E-state index contributed by atoms with van der Waals surface area (Å²) in [7, 11) is 0. The van der Waals surface area contributed by atoms with Crippen LogP contribution in [0.4, 0.5) is 0 Å². The van der Waals surface area contributed by atoms with E-state index in [1.165, 1.54) is 24.3 Å². The second-order valence-electron chi connectivity index (χ2n) is 10.1. The minimum atomic E-state index is -1.66. The molecule has 0 fully saturated rings. The van der Waals surface area contributed by atoms with E-state index < -0.39 is 79.2 Å². The Morgan fingerprint density at radius 1 is 0.778 bits per heavy atom. The largest absolute Gasteiger partial charge is 0.508 e. The zero-order valence-corrected chi connectivity index (χ0v) is 24.0. The third-order valence-electron chi connectivity index (χ3n) is 6.78. The first-order valence-electron chi connectivity index (χ1n) is 13.8. The quantitative estimate of drug-likeness (QED) is 0.0799. The van der Waals surface area contributed by atoms with Gasteiger partial charge in [-0.2, -0.15) is 0 Å². The highest BCUT2D eigenvalue weighted by Gasteiger charge is 2.32. The van der Waals surface area contributed by atoms with Crippen molar-refractivity contribution in [2.75, 3.05) is 13.2 Å². The molecule has 0 aliphatic rings. The Labute approximate surface area is 256 Å². The number of rotatable bonds is 16. The zero-order valence-electron chi connectivity index (χ0n) is 24.0. The van der Waals surface area contributed by atoms with Crippen molar-refractivity contribution >= 4 is 46.4 Å². The predicted molar refractivity (Wildman–Crippen MR) is 159 cm³/mol. The summed E-state index contributed by atoms with van der Waals surface area (Å²) in [4.78, 5) is 78.3. The number of benzene rings is 2. The molecule has 0 aliphatic carbocycles. The van der Waals surface area contributed by atoms with Gasteiger partial charge in [-0.1, -0.05) is 30.3 Å². The summed E-state index contributed by atoms with van der Waals surface area (Å²) in [6.45, 7) is -1.40. The number of hydrogen-bond acceptors (Lipinski definition) is 9. The average Bonchev–Trinajstić information content (AvgIpc) is 3.41. The Morgan fingerprint density at radius 2 is 1.36 bits per heavy atom. The molecular formula is C29H35N7O9. The number of fused-ring (bicyclic) bond motifs is 1. The van der Waals surface area contributed by atoms with Gasteiger partial charge < -0.3 is 53.0 Å². The highest BCUT2D eigenvalue weighted by atomic mass is 16.4. The number of carbonyl (C=O) groups excluding carboxylic acids is 5. The molecule has 0 unspecified atom stereocenters. The Morgan fingerprint density at radius 3 is 1.93 bits per heavy atom. The monoisotopic (exact) mass is 625 g/mol. The maximum atomic E-state index is 13.7. The Balaban J connectivity index is 1.94. The van der Waals surface area contributed by atoms with Gasteiger partial charge in [0.2, 0.25) is 29.5 Å². The van der Waals surface area contributed by atoms with E-state index >= 15 is 0 Å². The number of phenols is 1. The number of para-hydroxylation sites is 1. The minimum absolute atomic E-state index is 0.0536. The van der Waals surface area contributed by atoms with Crippen LogP contribution in [0.5, 0.6) is 5.75 Å². The first-order chi connectivity index (χ1) is 21.4. The summed E-state index contributed by atoms with van der Waals surface area (Å²) in [5.41, 5.74) is 12.4. The van der Waals surface area contributed by atoms with Crippen LogP contribution in [0.1, 0.15) is 17.5 Å². The smallest absolute Gasteiger partial charge is 0.328 e. The van der Waals surface area contributed by atoms with Crippen LogP contribution in [-0.2, 0) is 41.6 Å². The topological polar surface area (TPSA) is 279 Å². The van der Waals surface area contributed by atoms with E-state index in [4.69, 9.17) is 11.5 Å². The number of aromatic nitrogens is 1. The molecule has 240 valence electrons. The predicted octanol–water partition coefficient (Wildman–Crippen LogP) is -2.49. The van der Waals surface area contributed by atoms with Crippen LogP contribution in [0.15, 0.2) is 54.7 Å². The first kappa shape index (κ1) is 34.0. The van der Waals surface area contributed by atoms with Gasteiger partial charge in [-0.05, 0) is 29.3 Å². The second kappa shape index (κ2) is 15.8. The number of carbonyl (C=O) groups is 6. The van der Waals surface area contributed by atoms with Crippen molar-refractivity contribution in [2.24, 2.45) is 11.5 Å². The minimum Gasteiger partial charge on any atom is -0.508 e. The molecular weight excluding hydrogens is 590 g/mol. The number of H-pyrrole nitrogens is 1. The highest BCUT2D eigenvalue weighted by Crippen LogP contribution is 2.19. The molecule has 1 aromatic heterocycles. The standard InChI is InChI=1S/C29H35N7O9/c30-12-25(40)33-22(11-24(31)39)28(43)34-20(9-15-5-7-17(38)8-6-15)26(41)35-21(27(42)36-23(14-37)29(44)45)10-16-13-32-19-4-2-1-3-18(16)19/h1-8,13,20-23,32,37-38H,9-12,14,30H2,(H2,31,39)(H,33,40)(H,34,43)(H,35,41)(H,36,42)(H,44,45)/t20-,21-,22-,23-/m0/s1. The van der Waals surface area contributed by atoms with Gasteiger partial charge in [-0.25, -0.2) is 4.79 Å². The number of aliphatic hydroxyl groups is 1. The normalized spacial score (nSPS) is 13.6. The highest BCUT2D eigenvalue weighted by molar-refractivity contribution is 5.97. The first-order valence-corrected chi connectivity index (χ1v) is 13.8. The van der Waals surface area contributed by atoms with Crippen molar-refractivity contribution in [3.8, 4) is 5.75 Å². The van der Waals surface area contributed by atoms with Crippen molar-refractivity contribution in [3.63, 3.8) is 0 Å². The third-order valence-corrected chi connectivity index (χ3v) is 6.78. The fourth-order valence-corrected chi connectivity index (χ4v) is 4.47. The molecule has 2 aromatic carbocycles.